The first-order valence-corrected chi connectivity index (χ1v) is 4.28. The number of aliphatic hydroxyl groups is 1. The van der Waals surface area contributed by atoms with Crippen LogP contribution in [0.5, 0.6) is 0 Å². The molecule has 0 aliphatic heterocycles. The highest BCUT2D eigenvalue weighted by Gasteiger charge is 2.40. The number of hydrogen-bond donors (Lipinski definition) is 3. The molecule has 0 heterocycles. The van der Waals surface area contributed by atoms with Crippen LogP contribution in [0.2, 0.25) is 0 Å². The topological polar surface area (TPSA) is 110 Å². The maximum Gasteiger partial charge on any atom is 0.348 e. The maximum atomic E-state index is 10.9. The number of carboxylic acid groups (broad SMARTS) is 1. The molecule has 1 unspecified atom stereocenters. The number of hydrogen-bond acceptors (Lipinski definition) is 5. The monoisotopic (exact) mass is 205 g/mol. The molecule has 0 aromatic heterocycles. The molecule has 6 nitrogen and oxygen atoms in total. The van der Waals surface area contributed by atoms with E-state index in [2.05, 4.69) is 0 Å². The number of aliphatic carboxylic acids is 1. The average molecular weight is 205 g/mol. The quantitative estimate of drug-likeness (QED) is 0.485. The van der Waals surface area contributed by atoms with Crippen LogP contribution in [0, 0.1) is 0 Å². The van der Waals surface area contributed by atoms with Crippen molar-refractivity contribution in [3.63, 3.8) is 0 Å². The lowest BCUT2D eigenvalue weighted by atomic mass is 9.97. The molecule has 0 aromatic carbocycles. The van der Waals surface area contributed by atoms with E-state index in [1.54, 1.807) is 6.92 Å². The summed E-state index contributed by atoms with van der Waals surface area (Å²) in [5.74, 6) is -2.06. The Morgan fingerprint density at radius 1 is 1.50 bits per heavy atom. The number of esters is 1. The van der Waals surface area contributed by atoms with E-state index in [4.69, 9.17) is 20.7 Å². The Bertz CT molecular complexity index is 218. The predicted molar refractivity (Wildman–Crippen MR) is 47.5 cm³/mol. The minimum absolute atomic E-state index is 0.0919. The average Bonchev–Trinajstić information content (AvgIpc) is 2.16. The number of aliphatic hydroxyl groups excluding tert-OH is 1. The molecule has 0 saturated heterocycles. The maximum absolute atomic E-state index is 10.9. The third-order valence-corrected chi connectivity index (χ3v) is 1.95. The van der Waals surface area contributed by atoms with Gasteiger partial charge in [-0.1, -0.05) is 6.92 Å². The number of rotatable bonds is 6. The van der Waals surface area contributed by atoms with Crippen LogP contribution in [0.3, 0.4) is 0 Å². The summed E-state index contributed by atoms with van der Waals surface area (Å²) in [4.78, 5) is 21.7. The van der Waals surface area contributed by atoms with Gasteiger partial charge in [-0.2, -0.15) is 0 Å². The zero-order valence-corrected chi connectivity index (χ0v) is 8.02. The van der Waals surface area contributed by atoms with E-state index in [1.165, 1.54) is 0 Å². The van der Waals surface area contributed by atoms with Gasteiger partial charge >= 0.3 is 11.9 Å². The van der Waals surface area contributed by atoms with Crippen LogP contribution in [0.4, 0.5) is 0 Å². The van der Waals surface area contributed by atoms with Gasteiger partial charge in [0, 0.05) is 13.0 Å². The van der Waals surface area contributed by atoms with E-state index in [0.717, 1.165) is 0 Å². The van der Waals surface area contributed by atoms with Crippen LogP contribution in [-0.4, -0.2) is 40.9 Å². The lowest BCUT2D eigenvalue weighted by molar-refractivity contribution is -0.180. The second-order valence-electron chi connectivity index (χ2n) is 2.80. The second-order valence-corrected chi connectivity index (χ2v) is 2.80. The van der Waals surface area contributed by atoms with Gasteiger partial charge in [0.25, 0.3) is 0 Å². The third kappa shape index (κ3) is 2.97. The zero-order valence-electron chi connectivity index (χ0n) is 8.02. The van der Waals surface area contributed by atoms with E-state index in [-0.39, 0.29) is 26.0 Å². The fourth-order valence-electron chi connectivity index (χ4n) is 1.04. The van der Waals surface area contributed by atoms with Crippen molar-refractivity contribution in [2.75, 3.05) is 13.2 Å². The van der Waals surface area contributed by atoms with Gasteiger partial charge in [-0.05, 0) is 6.42 Å². The molecular weight excluding hydrogens is 190 g/mol. The molecule has 1 atom stereocenters. The minimum Gasteiger partial charge on any atom is -0.478 e. The molecular formula is C8H15NO5. The van der Waals surface area contributed by atoms with Gasteiger partial charge in [-0.3, -0.25) is 4.79 Å². The fraction of sp³-hybridized carbons (Fsp3) is 0.750. The highest BCUT2D eigenvalue weighted by molar-refractivity contribution is 5.82. The predicted octanol–water partition coefficient (Wildman–Crippen LogP) is -0.896. The number of ether oxygens (including phenoxy) is 1. The zero-order chi connectivity index (χ0) is 11.2. The Hall–Kier alpha value is -1.14. The van der Waals surface area contributed by atoms with Gasteiger partial charge < -0.3 is 20.7 Å². The summed E-state index contributed by atoms with van der Waals surface area (Å²) < 4.78 is 4.71. The van der Waals surface area contributed by atoms with Gasteiger partial charge in [0.2, 0.25) is 5.60 Å². The van der Waals surface area contributed by atoms with E-state index < -0.39 is 17.5 Å². The first-order chi connectivity index (χ1) is 6.52. The molecule has 82 valence electrons. The molecule has 0 aliphatic carbocycles. The standard InChI is InChI=1S/C8H15NO5/c1-2-8(3-4-10,7(12)13)14-6(11)5-9/h10H,2-5,9H2,1H3,(H,12,13). The lowest BCUT2D eigenvalue weighted by Gasteiger charge is -2.27. The highest BCUT2D eigenvalue weighted by atomic mass is 16.6. The van der Waals surface area contributed by atoms with Crippen LogP contribution in [0.1, 0.15) is 19.8 Å². The Morgan fingerprint density at radius 3 is 2.36 bits per heavy atom. The van der Waals surface area contributed by atoms with Crippen molar-refractivity contribution in [2.24, 2.45) is 5.73 Å². The van der Waals surface area contributed by atoms with E-state index >= 15 is 0 Å². The van der Waals surface area contributed by atoms with Crippen LogP contribution < -0.4 is 5.73 Å². The van der Waals surface area contributed by atoms with Crippen LogP contribution in [0.15, 0.2) is 0 Å². The Balaban J connectivity index is 4.66. The molecule has 6 heteroatoms. The van der Waals surface area contributed by atoms with Gasteiger partial charge in [-0.15, -0.1) is 0 Å². The number of nitrogens with two attached hydrogens (primary N) is 1. The number of carbonyl (C=O) groups excluding carboxylic acids is 1. The smallest absolute Gasteiger partial charge is 0.348 e. The van der Waals surface area contributed by atoms with Crippen LogP contribution >= 0.6 is 0 Å². The molecule has 0 aromatic rings. The number of carbonyl (C=O) groups is 2. The molecule has 0 saturated carbocycles. The van der Waals surface area contributed by atoms with Crippen molar-refractivity contribution in [1.29, 1.82) is 0 Å². The van der Waals surface area contributed by atoms with Gasteiger partial charge in [0.1, 0.15) is 0 Å². The molecule has 14 heavy (non-hydrogen) atoms. The molecule has 0 rings (SSSR count). The van der Waals surface area contributed by atoms with Crippen molar-refractivity contribution in [2.45, 2.75) is 25.4 Å². The van der Waals surface area contributed by atoms with Crippen molar-refractivity contribution in [3.05, 3.63) is 0 Å². The lowest BCUT2D eigenvalue weighted by Crippen LogP contribution is -2.44. The van der Waals surface area contributed by atoms with Crippen LogP contribution in [0.25, 0.3) is 0 Å². The summed E-state index contributed by atoms with van der Waals surface area (Å²) in [5, 5.41) is 17.6. The highest BCUT2D eigenvalue weighted by Crippen LogP contribution is 2.20. The van der Waals surface area contributed by atoms with Crippen molar-refractivity contribution < 1.29 is 24.5 Å². The first kappa shape index (κ1) is 12.9. The molecule has 0 bridgehead atoms. The molecule has 4 N–H and O–H groups in total. The van der Waals surface area contributed by atoms with Gasteiger partial charge in [-0.25, -0.2) is 4.79 Å². The molecule has 0 fully saturated rings. The van der Waals surface area contributed by atoms with Crippen LogP contribution in [-0.2, 0) is 14.3 Å². The molecule has 0 aliphatic rings. The summed E-state index contributed by atoms with van der Waals surface area (Å²) in [6.07, 6.45) is -0.0425. The second kappa shape index (κ2) is 5.56. The molecule has 0 radical (unpaired) electrons. The summed E-state index contributed by atoms with van der Waals surface area (Å²) in [7, 11) is 0. The van der Waals surface area contributed by atoms with E-state index in [1.807, 2.05) is 0 Å². The summed E-state index contributed by atoms with van der Waals surface area (Å²) in [6.45, 7) is 0.825. The molecule has 0 amide bonds. The van der Waals surface area contributed by atoms with Crippen molar-refractivity contribution in [1.82, 2.24) is 0 Å². The summed E-state index contributed by atoms with van der Waals surface area (Å²) in [6, 6.07) is 0. The van der Waals surface area contributed by atoms with E-state index in [0.29, 0.717) is 0 Å². The third-order valence-electron chi connectivity index (χ3n) is 1.95. The van der Waals surface area contributed by atoms with Gasteiger partial charge in [0.05, 0.1) is 6.54 Å². The first-order valence-electron chi connectivity index (χ1n) is 4.28. The molecule has 0 spiro atoms. The Kier molecular flexibility index (Phi) is 5.11. The SMILES string of the molecule is CCC(CCO)(OC(=O)CN)C(=O)O. The minimum atomic E-state index is -1.65. The number of carboxylic acids is 1. The van der Waals surface area contributed by atoms with E-state index in [9.17, 15) is 9.59 Å². The Morgan fingerprint density at radius 2 is 2.07 bits per heavy atom. The van der Waals surface area contributed by atoms with Gasteiger partial charge in [0.15, 0.2) is 0 Å². The Labute approximate surface area is 81.7 Å². The normalized spacial score (nSPS) is 14.5. The fourth-order valence-corrected chi connectivity index (χ4v) is 1.04. The summed E-state index contributed by atoms with van der Waals surface area (Å²) in [5.41, 5.74) is 3.35. The summed E-state index contributed by atoms with van der Waals surface area (Å²) >= 11 is 0. The van der Waals surface area contributed by atoms with Crippen molar-refractivity contribution >= 4 is 11.9 Å². The van der Waals surface area contributed by atoms with Crippen molar-refractivity contribution in [3.8, 4) is 0 Å². The largest absolute Gasteiger partial charge is 0.478 e.